The average Bonchev–Trinajstić information content (AvgIpc) is 3.09. The second kappa shape index (κ2) is 9.30. The van der Waals surface area contributed by atoms with Crippen molar-refractivity contribution in [3.63, 3.8) is 0 Å². The number of allylic oxidation sites excluding steroid dienone is 1. The molecule has 0 amide bonds. The molecule has 0 aliphatic heterocycles. The molecule has 3 saturated carbocycles. The van der Waals surface area contributed by atoms with E-state index in [1.54, 1.807) is 0 Å². The Labute approximate surface area is 201 Å². The molecule has 0 radical (unpaired) electrons. The van der Waals surface area contributed by atoms with Gasteiger partial charge in [0.1, 0.15) is 12.2 Å². The lowest BCUT2D eigenvalue weighted by Gasteiger charge is -2.60. The second-order valence-electron chi connectivity index (χ2n) is 12.9. The van der Waals surface area contributed by atoms with Gasteiger partial charge >= 0.3 is 5.97 Å². The van der Waals surface area contributed by atoms with Crippen LogP contribution in [0.4, 0.5) is 0 Å². The number of hydrogen-bond acceptors (Lipinski definition) is 4. The van der Waals surface area contributed by atoms with Gasteiger partial charge in [-0.2, -0.15) is 0 Å². The first kappa shape index (κ1) is 25.2. The fraction of sp³-hybridized carbons (Fsp3) is 0.897. The van der Waals surface area contributed by atoms with Crippen LogP contribution in [0.5, 0.6) is 0 Å². The van der Waals surface area contributed by atoms with Crippen LogP contribution in [0.15, 0.2) is 11.6 Å². The van der Waals surface area contributed by atoms with Crippen molar-refractivity contribution in [1.29, 1.82) is 0 Å². The van der Waals surface area contributed by atoms with Gasteiger partial charge in [-0.1, -0.05) is 65.5 Å². The van der Waals surface area contributed by atoms with Crippen molar-refractivity contribution in [2.45, 2.75) is 118 Å². The van der Waals surface area contributed by atoms with Crippen LogP contribution in [-0.4, -0.2) is 34.5 Å². The number of carbonyl (C=O) groups is 1. The Morgan fingerprint density at radius 3 is 2.52 bits per heavy atom. The van der Waals surface area contributed by atoms with Crippen LogP contribution < -0.4 is 0 Å². The molecule has 4 aliphatic rings. The summed E-state index contributed by atoms with van der Waals surface area (Å²) in [6.07, 6.45) is 10.5. The molecule has 0 saturated heterocycles. The highest BCUT2D eigenvalue weighted by Crippen LogP contribution is 2.67. The fourth-order valence-corrected chi connectivity index (χ4v) is 9.05. The van der Waals surface area contributed by atoms with Crippen LogP contribution in [0.3, 0.4) is 0 Å². The summed E-state index contributed by atoms with van der Waals surface area (Å²) in [5, 5.41) is 22.3. The summed E-state index contributed by atoms with van der Waals surface area (Å²) < 4.78 is 5.39. The molecular formula is C29H48O4. The average molecular weight is 461 g/mol. The molecule has 33 heavy (non-hydrogen) atoms. The summed E-state index contributed by atoms with van der Waals surface area (Å²) in [4.78, 5) is 11.5. The van der Waals surface area contributed by atoms with Crippen molar-refractivity contribution in [3.05, 3.63) is 11.6 Å². The molecule has 4 nitrogen and oxygen atoms in total. The number of esters is 1. The van der Waals surface area contributed by atoms with Crippen LogP contribution in [0.2, 0.25) is 0 Å². The Morgan fingerprint density at radius 1 is 1.12 bits per heavy atom. The van der Waals surface area contributed by atoms with Crippen LogP contribution in [0.1, 0.15) is 99.3 Å². The normalized spacial score (nSPS) is 45.6. The summed E-state index contributed by atoms with van der Waals surface area (Å²) in [5.74, 6) is 3.68. The standard InChI is InChI=1S/C29H48O4/c1-17(2)8-7-9-18(3)22-12-13-23-21-11-10-20-16-25(33-19(4)30)26(31)27(32)29(20,6)24(21)14-15-28(22,23)5/h10,17-18,21-27,31-32H,7-9,11-16H2,1-6H3/t18-,21+,22-,23+,24+,25?,26?,27?,28-,29+/m1/s1. The summed E-state index contributed by atoms with van der Waals surface area (Å²) >= 11 is 0. The predicted octanol–water partition coefficient (Wildman–Crippen LogP) is 5.90. The molecular weight excluding hydrogens is 412 g/mol. The predicted molar refractivity (Wildman–Crippen MR) is 131 cm³/mol. The van der Waals surface area contributed by atoms with E-state index < -0.39 is 29.7 Å². The first-order valence-electron chi connectivity index (χ1n) is 13.7. The van der Waals surface area contributed by atoms with Gasteiger partial charge in [0.05, 0.1) is 6.10 Å². The van der Waals surface area contributed by atoms with E-state index in [0.29, 0.717) is 29.6 Å². The molecule has 0 aromatic carbocycles. The van der Waals surface area contributed by atoms with Crippen molar-refractivity contribution >= 4 is 5.97 Å². The Hall–Kier alpha value is -0.870. The van der Waals surface area contributed by atoms with E-state index in [0.717, 1.165) is 30.6 Å². The van der Waals surface area contributed by atoms with Crippen molar-refractivity contribution in [1.82, 2.24) is 0 Å². The Balaban J connectivity index is 1.53. The SMILES string of the molecule is CC(=O)OC1CC2=CC[C@H]3[C@@H]4CC[C@H]([C@H](C)CCCC(C)C)[C@@]4(C)CC[C@@H]3[C@@]2(C)C(O)C1O. The molecule has 0 heterocycles. The zero-order chi connectivity index (χ0) is 24.1. The maximum atomic E-state index is 11.5. The third-order valence-corrected chi connectivity index (χ3v) is 10.8. The third kappa shape index (κ3) is 4.22. The maximum absolute atomic E-state index is 11.5. The first-order valence-corrected chi connectivity index (χ1v) is 13.7. The summed E-state index contributed by atoms with van der Waals surface area (Å²) in [6, 6.07) is 0. The number of ether oxygens (including phenoxy) is 1. The van der Waals surface area contributed by atoms with Gasteiger partial charge in [0.25, 0.3) is 0 Å². The summed E-state index contributed by atoms with van der Waals surface area (Å²) in [7, 11) is 0. The molecule has 3 fully saturated rings. The van der Waals surface area contributed by atoms with Gasteiger partial charge in [-0.25, -0.2) is 0 Å². The quantitative estimate of drug-likeness (QED) is 0.382. The molecule has 4 rings (SSSR count). The minimum absolute atomic E-state index is 0.392. The van der Waals surface area contributed by atoms with E-state index in [9.17, 15) is 15.0 Å². The van der Waals surface area contributed by atoms with Gasteiger partial charge in [-0.05, 0) is 73.0 Å². The third-order valence-electron chi connectivity index (χ3n) is 10.8. The lowest BCUT2D eigenvalue weighted by Crippen LogP contribution is -2.61. The molecule has 0 aromatic heterocycles. The van der Waals surface area contributed by atoms with Gasteiger partial charge in [0.15, 0.2) is 0 Å². The topological polar surface area (TPSA) is 66.8 Å². The van der Waals surface area contributed by atoms with Crippen molar-refractivity contribution < 1.29 is 19.7 Å². The summed E-state index contributed by atoms with van der Waals surface area (Å²) in [6.45, 7) is 13.3. The lowest BCUT2D eigenvalue weighted by molar-refractivity contribution is -0.182. The fourth-order valence-electron chi connectivity index (χ4n) is 9.05. The molecule has 188 valence electrons. The van der Waals surface area contributed by atoms with Gasteiger partial charge in [-0.3, -0.25) is 4.79 Å². The zero-order valence-electron chi connectivity index (χ0n) is 21.8. The van der Waals surface area contributed by atoms with Crippen molar-refractivity contribution in [2.75, 3.05) is 0 Å². The highest BCUT2D eigenvalue weighted by molar-refractivity contribution is 5.66. The van der Waals surface area contributed by atoms with Gasteiger partial charge in [-0.15, -0.1) is 0 Å². The van der Waals surface area contributed by atoms with E-state index >= 15 is 0 Å². The number of fused-ring (bicyclic) bond motifs is 5. The van der Waals surface area contributed by atoms with Gasteiger partial charge in [0, 0.05) is 18.8 Å². The van der Waals surface area contributed by atoms with Crippen molar-refractivity contribution in [2.24, 2.45) is 46.3 Å². The monoisotopic (exact) mass is 460 g/mol. The Morgan fingerprint density at radius 2 is 1.85 bits per heavy atom. The number of aliphatic hydroxyl groups is 2. The van der Waals surface area contributed by atoms with E-state index in [2.05, 4.69) is 40.7 Å². The second-order valence-corrected chi connectivity index (χ2v) is 12.9. The Bertz CT molecular complexity index is 759. The molecule has 4 aliphatic carbocycles. The smallest absolute Gasteiger partial charge is 0.303 e. The molecule has 0 aromatic rings. The molecule has 10 atom stereocenters. The zero-order valence-corrected chi connectivity index (χ0v) is 21.8. The highest BCUT2D eigenvalue weighted by Gasteiger charge is 2.62. The van der Waals surface area contributed by atoms with Gasteiger partial charge < -0.3 is 14.9 Å². The number of hydrogen-bond donors (Lipinski definition) is 2. The van der Waals surface area contributed by atoms with Crippen LogP contribution >= 0.6 is 0 Å². The van der Waals surface area contributed by atoms with E-state index in [4.69, 9.17) is 4.74 Å². The molecule has 2 N–H and O–H groups in total. The molecule has 4 heteroatoms. The van der Waals surface area contributed by atoms with Crippen LogP contribution in [0.25, 0.3) is 0 Å². The molecule has 0 spiro atoms. The number of carbonyl (C=O) groups excluding carboxylic acids is 1. The number of rotatable bonds is 6. The maximum Gasteiger partial charge on any atom is 0.303 e. The minimum Gasteiger partial charge on any atom is -0.459 e. The van der Waals surface area contributed by atoms with Gasteiger partial charge in [0.2, 0.25) is 0 Å². The highest BCUT2D eigenvalue weighted by atomic mass is 16.6. The largest absolute Gasteiger partial charge is 0.459 e. The Kier molecular flexibility index (Phi) is 7.11. The van der Waals surface area contributed by atoms with E-state index in [1.165, 1.54) is 51.0 Å². The number of aliphatic hydroxyl groups excluding tert-OH is 2. The minimum atomic E-state index is -1.01. The van der Waals surface area contributed by atoms with E-state index in [-0.39, 0.29) is 0 Å². The van der Waals surface area contributed by atoms with E-state index in [1.807, 2.05) is 0 Å². The molecule has 3 unspecified atom stereocenters. The van der Waals surface area contributed by atoms with Crippen LogP contribution in [0, 0.1) is 46.3 Å². The lowest BCUT2D eigenvalue weighted by atomic mass is 9.46. The molecule has 0 bridgehead atoms. The first-order chi connectivity index (χ1) is 15.5. The van der Waals surface area contributed by atoms with Crippen LogP contribution in [-0.2, 0) is 9.53 Å². The summed E-state index contributed by atoms with van der Waals surface area (Å²) in [5.41, 5.74) is 1.19. The van der Waals surface area contributed by atoms with Crippen molar-refractivity contribution in [3.8, 4) is 0 Å².